The van der Waals surface area contributed by atoms with Gasteiger partial charge in [0.2, 0.25) is 0 Å². The fourth-order valence-corrected chi connectivity index (χ4v) is 3.96. The zero-order valence-corrected chi connectivity index (χ0v) is 23.8. The van der Waals surface area contributed by atoms with Gasteiger partial charge in [0.1, 0.15) is 0 Å². The van der Waals surface area contributed by atoms with Gasteiger partial charge >= 0.3 is 5.97 Å². The molecule has 0 amide bonds. The predicted octanol–water partition coefficient (Wildman–Crippen LogP) is 8.28. The smallest absolute Gasteiger partial charge is 0.305 e. The lowest BCUT2D eigenvalue weighted by molar-refractivity contribution is -0.144. The summed E-state index contributed by atoms with van der Waals surface area (Å²) in [6.45, 7) is 11.1. The number of hydrogen-bond donors (Lipinski definition) is 0. The van der Waals surface area contributed by atoms with Crippen molar-refractivity contribution in [1.29, 1.82) is 0 Å². The van der Waals surface area contributed by atoms with Crippen LogP contribution in [0.15, 0.2) is 0 Å². The molecule has 0 unspecified atom stereocenters. The standard InChI is InChI=1S/C30H60O5/c1-4-5-22-32-25-27-34-28-26-33-23-19-21-30(31)35-24-18-16-14-12-10-8-6-7-9-11-13-15-17-20-29(2)3/h29H,4-28H2,1-3H3. The first-order chi connectivity index (χ1) is 17.2. The van der Waals surface area contributed by atoms with E-state index >= 15 is 0 Å². The largest absolute Gasteiger partial charge is 0.466 e. The quantitative estimate of drug-likeness (QED) is 0.0764. The van der Waals surface area contributed by atoms with E-state index in [4.69, 9.17) is 18.9 Å². The Hall–Kier alpha value is -0.650. The van der Waals surface area contributed by atoms with Crippen LogP contribution < -0.4 is 0 Å². The van der Waals surface area contributed by atoms with E-state index in [1.54, 1.807) is 0 Å². The number of esters is 1. The summed E-state index contributed by atoms with van der Waals surface area (Å²) < 4.78 is 21.7. The molecule has 0 bridgehead atoms. The summed E-state index contributed by atoms with van der Waals surface area (Å²) in [7, 11) is 0. The third kappa shape index (κ3) is 31.3. The van der Waals surface area contributed by atoms with Crippen molar-refractivity contribution in [3.05, 3.63) is 0 Å². The highest BCUT2D eigenvalue weighted by molar-refractivity contribution is 5.69. The highest BCUT2D eigenvalue weighted by Gasteiger charge is 2.03. The molecule has 210 valence electrons. The van der Waals surface area contributed by atoms with Crippen LogP contribution >= 0.6 is 0 Å². The molecule has 0 heterocycles. The van der Waals surface area contributed by atoms with E-state index in [0.717, 1.165) is 38.2 Å². The minimum absolute atomic E-state index is 0.103. The summed E-state index contributed by atoms with van der Waals surface area (Å²) in [4.78, 5) is 11.8. The zero-order chi connectivity index (χ0) is 25.7. The van der Waals surface area contributed by atoms with Crippen LogP contribution in [0.4, 0.5) is 0 Å². The van der Waals surface area contributed by atoms with Crippen molar-refractivity contribution < 1.29 is 23.7 Å². The minimum atomic E-state index is -0.103. The van der Waals surface area contributed by atoms with Gasteiger partial charge < -0.3 is 18.9 Å². The molecule has 0 fully saturated rings. The van der Waals surface area contributed by atoms with Gasteiger partial charge in [0, 0.05) is 19.6 Å². The molecule has 0 atom stereocenters. The van der Waals surface area contributed by atoms with Crippen LogP contribution in [0.3, 0.4) is 0 Å². The molecule has 0 saturated carbocycles. The Bertz CT molecular complexity index is 414. The van der Waals surface area contributed by atoms with E-state index in [-0.39, 0.29) is 5.97 Å². The van der Waals surface area contributed by atoms with E-state index in [1.807, 2.05) is 0 Å². The molecule has 35 heavy (non-hydrogen) atoms. The summed E-state index contributed by atoms with van der Waals surface area (Å²) in [6, 6.07) is 0. The number of unbranched alkanes of at least 4 members (excludes halogenated alkanes) is 13. The second kappa shape index (κ2) is 29.6. The number of rotatable bonds is 29. The fraction of sp³-hybridized carbons (Fsp3) is 0.967. The van der Waals surface area contributed by atoms with Gasteiger partial charge in [-0.25, -0.2) is 0 Å². The third-order valence-electron chi connectivity index (χ3n) is 6.24. The van der Waals surface area contributed by atoms with Crippen molar-refractivity contribution >= 4 is 5.97 Å². The van der Waals surface area contributed by atoms with Crippen molar-refractivity contribution in [3.63, 3.8) is 0 Å². The lowest BCUT2D eigenvalue weighted by Gasteiger charge is -2.07. The second-order valence-corrected chi connectivity index (χ2v) is 10.3. The molecule has 0 aliphatic carbocycles. The van der Waals surface area contributed by atoms with Crippen LogP contribution in [0.2, 0.25) is 0 Å². The van der Waals surface area contributed by atoms with Crippen LogP contribution in [0, 0.1) is 5.92 Å². The van der Waals surface area contributed by atoms with Crippen LogP contribution in [0.25, 0.3) is 0 Å². The van der Waals surface area contributed by atoms with Crippen molar-refractivity contribution in [2.75, 3.05) is 46.2 Å². The third-order valence-corrected chi connectivity index (χ3v) is 6.24. The Morgan fingerprint density at radius 2 is 0.943 bits per heavy atom. The first-order valence-corrected chi connectivity index (χ1v) is 15.1. The van der Waals surface area contributed by atoms with E-state index < -0.39 is 0 Å². The molecule has 0 saturated heterocycles. The zero-order valence-electron chi connectivity index (χ0n) is 23.8. The lowest BCUT2D eigenvalue weighted by Crippen LogP contribution is -2.11. The Morgan fingerprint density at radius 1 is 0.514 bits per heavy atom. The topological polar surface area (TPSA) is 54.0 Å². The molecule has 0 aromatic carbocycles. The molecule has 0 aromatic rings. The predicted molar refractivity (Wildman–Crippen MR) is 147 cm³/mol. The summed E-state index contributed by atoms with van der Waals surface area (Å²) >= 11 is 0. The van der Waals surface area contributed by atoms with E-state index in [2.05, 4.69) is 20.8 Å². The van der Waals surface area contributed by atoms with E-state index in [9.17, 15) is 4.79 Å². The van der Waals surface area contributed by atoms with E-state index in [1.165, 1.54) is 77.0 Å². The summed E-state index contributed by atoms with van der Waals surface area (Å²) in [5.41, 5.74) is 0. The molecule has 5 heteroatoms. The van der Waals surface area contributed by atoms with Gasteiger partial charge in [-0.2, -0.15) is 0 Å². The summed E-state index contributed by atoms with van der Waals surface area (Å²) in [6.07, 6.45) is 22.2. The van der Waals surface area contributed by atoms with Gasteiger partial charge in [-0.1, -0.05) is 111 Å². The maximum absolute atomic E-state index is 11.8. The fourth-order valence-electron chi connectivity index (χ4n) is 3.96. The van der Waals surface area contributed by atoms with Crippen LogP contribution in [0.1, 0.15) is 136 Å². The summed E-state index contributed by atoms with van der Waals surface area (Å²) in [5, 5.41) is 0. The van der Waals surface area contributed by atoms with Gasteiger partial charge in [-0.3, -0.25) is 4.79 Å². The van der Waals surface area contributed by atoms with Crippen LogP contribution in [0.5, 0.6) is 0 Å². The molecule has 0 aliphatic heterocycles. The van der Waals surface area contributed by atoms with Crippen LogP contribution in [-0.2, 0) is 23.7 Å². The van der Waals surface area contributed by atoms with Crippen molar-refractivity contribution in [2.45, 2.75) is 136 Å². The maximum Gasteiger partial charge on any atom is 0.305 e. The van der Waals surface area contributed by atoms with Crippen molar-refractivity contribution in [1.82, 2.24) is 0 Å². The lowest BCUT2D eigenvalue weighted by atomic mass is 10.0. The molecule has 5 nitrogen and oxygen atoms in total. The van der Waals surface area contributed by atoms with E-state index in [0.29, 0.717) is 52.5 Å². The molecular weight excluding hydrogens is 440 g/mol. The van der Waals surface area contributed by atoms with Gasteiger partial charge in [0.05, 0.1) is 33.0 Å². The number of carbonyl (C=O) groups excluding carboxylic acids is 1. The number of hydrogen-bond acceptors (Lipinski definition) is 5. The van der Waals surface area contributed by atoms with Gasteiger partial charge in [0.25, 0.3) is 0 Å². The van der Waals surface area contributed by atoms with Gasteiger partial charge in [-0.05, 0) is 25.2 Å². The normalized spacial score (nSPS) is 11.4. The average molecular weight is 501 g/mol. The molecule has 0 N–H and O–H groups in total. The van der Waals surface area contributed by atoms with Gasteiger partial charge in [0.15, 0.2) is 0 Å². The second-order valence-electron chi connectivity index (χ2n) is 10.3. The number of ether oxygens (including phenoxy) is 4. The molecule has 0 rings (SSSR count). The Balaban J connectivity index is 3.14. The maximum atomic E-state index is 11.8. The average Bonchev–Trinajstić information content (AvgIpc) is 2.84. The minimum Gasteiger partial charge on any atom is -0.466 e. The Morgan fingerprint density at radius 3 is 1.43 bits per heavy atom. The van der Waals surface area contributed by atoms with Crippen LogP contribution in [-0.4, -0.2) is 52.2 Å². The molecular formula is C30H60O5. The first-order valence-electron chi connectivity index (χ1n) is 15.1. The van der Waals surface area contributed by atoms with Crippen molar-refractivity contribution in [2.24, 2.45) is 5.92 Å². The monoisotopic (exact) mass is 500 g/mol. The number of carbonyl (C=O) groups is 1. The molecule has 0 aliphatic rings. The molecule has 0 aromatic heterocycles. The highest BCUT2D eigenvalue weighted by atomic mass is 16.5. The summed E-state index contributed by atoms with van der Waals surface area (Å²) in [5.74, 6) is 0.761. The highest BCUT2D eigenvalue weighted by Crippen LogP contribution is 2.14. The first kappa shape index (κ1) is 34.4. The molecule has 0 spiro atoms. The SMILES string of the molecule is CCCCOCCOCCOCCCC(=O)OCCCCCCCCCCCCCCCC(C)C. The Labute approximate surface area is 218 Å². The molecule has 0 radical (unpaired) electrons. The van der Waals surface area contributed by atoms with Gasteiger partial charge in [-0.15, -0.1) is 0 Å². The van der Waals surface area contributed by atoms with Crippen molar-refractivity contribution in [3.8, 4) is 0 Å². The Kier molecular flexibility index (Phi) is 29.0.